The van der Waals surface area contributed by atoms with Crippen molar-refractivity contribution in [3.05, 3.63) is 47.3 Å². The summed E-state index contributed by atoms with van der Waals surface area (Å²) < 4.78 is 28.3. The van der Waals surface area contributed by atoms with E-state index in [0.717, 1.165) is 30.6 Å². The van der Waals surface area contributed by atoms with Crippen molar-refractivity contribution >= 4 is 0 Å². The van der Waals surface area contributed by atoms with Gasteiger partial charge in [-0.3, -0.25) is 5.10 Å². The Morgan fingerprint density at radius 1 is 1.29 bits per heavy atom. The standard InChI is InChI=1S/C15H19F2N3O/c1-11-13(10-19-20-11)3-2-8-18-9-12-4-6-14(7-5-12)21-15(16)17/h4-7,10,15,18H,2-3,8-9H2,1H3,(H,19,20). The minimum absolute atomic E-state index is 0.184. The summed E-state index contributed by atoms with van der Waals surface area (Å²) in [5.41, 5.74) is 3.39. The molecule has 0 spiro atoms. The molecule has 0 fully saturated rings. The first-order chi connectivity index (χ1) is 10.1. The van der Waals surface area contributed by atoms with Crippen molar-refractivity contribution in [1.82, 2.24) is 15.5 Å². The molecule has 0 atom stereocenters. The van der Waals surface area contributed by atoms with Crippen LogP contribution in [0.25, 0.3) is 0 Å². The Kier molecular flexibility index (Phi) is 5.68. The summed E-state index contributed by atoms with van der Waals surface area (Å²) >= 11 is 0. The van der Waals surface area contributed by atoms with E-state index in [4.69, 9.17) is 0 Å². The number of halogens is 2. The molecule has 0 aliphatic heterocycles. The maximum absolute atomic E-state index is 12.0. The third-order valence-electron chi connectivity index (χ3n) is 3.21. The van der Waals surface area contributed by atoms with Crippen LogP contribution < -0.4 is 10.1 Å². The molecule has 2 aromatic rings. The molecule has 4 nitrogen and oxygen atoms in total. The summed E-state index contributed by atoms with van der Waals surface area (Å²) in [6, 6.07) is 6.67. The van der Waals surface area contributed by atoms with Crippen molar-refractivity contribution in [2.45, 2.75) is 32.9 Å². The third kappa shape index (κ3) is 5.15. The molecule has 0 aliphatic rings. The summed E-state index contributed by atoms with van der Waals surface area (Å²) in [6.45, 7) is 0.832. The molecule has 1 aromatic carbocycles. The maximum Gasteiger partial charge on any atom is 0.387 e. The van der Waals surface area contributed by atoms with Crippen LogP contribution in [-0.2, 0) is 13.0 Å². The molecule has 21 heavy (non-hydrogen) atoms. The van der Waals surface area contributed by atoms with Crippen LogP contribution in [0.5, 0.6) is 5.75 Å². The van der Waals surface area contributed by atoms with Gasteiger partial charge in [-0.2, -0.15) is 13.9 Å². The monoisotopic (exact) mass is 295 g/mol. The van der Waals surface area contributed by atoms with Crippen molar-refractivity contribution in [1.29, 1.82) is 0 Å². The lowest BCUT2D eigenvalue weighted by Crippen LogP contribution is -2.15. The van der Waals surface area contributed by atoms with E-state index in [1.807, 2.05) is 13.1 Å². The Bertz CT molecular complexity index is 540. The number of alkyl halides is 2. The number of hydrogen-bond acceptors (Lipinski definition) is 3. The molecule has 0 saturated carbocycles. The van der Waals surface area contributed by atoms with Crippen LogP contribution in [0.1, 0.15) is 23.2 Å². The highest BCUT2D eigenvalue weighted by atomic mass is 19.3. The van der Waals surface area contributed by atoms with Crippen LogP contribution in [-0.4, -0.2) is 23.4 Å². The molecule has 6 heteroatoms. The number of aromatic amines is 1. The van der Waals surface area contributed by atoms with Gasteiger partial charge in [-0.1, -0.05) is 12.1 Å². The van der Waals surface area contributed by atoms with Gasteiger partial charge < -0.3 is 10.1 Å². The van der Waals surface area contributed by atoms with Crippen molar-refractivity contribution < 1.29 is 13.5 Å². The summed E-state index contributed by atoms with van der Waals surface area (Å²) in [6.07, 6.45) is 3.86. The van der Waals surface area contributed by atoms with Crippen LogP contribution in [0.3, 0.4) is 0 Å². The number of aromatic nitrogens is 2. The van der Waals surface area contributed by atoms with Gasteiger partial charge in [0.25, 0.3) is 0 Å². The molecule has 0 unspecified atom stereocenters. The van der Waals surface area contributed by atoms with Gasteiger partial charge in [-0.25, -0.2) is 0 Å². The predicted octanol–water partition coefficient (Wildman–Crippen LogP) is 3.04. The van der Waals surface area contributed by atoms with E-state index in [9.17, 15) is 8.78 Å². The second-order valence-electron chi connectivity index (χ2n) is 4.82. The van der Waals surface area contributed by atoms with E-state index in [-0.39, 0.29) is 5.75 Å². The highest BCUT2D eigenvalue weighted by Crippen LogP contribution is 2.14. The van der Waals surface area contributed by atoms with Gasteiger partial charge in [0.15, 0.2) is 0 Å². The van der Waals surface area contributed by atoms with E-state index < -0.39 is 6.61 Å². The lowest BCUT2D eigenvalue weighted by atomic mass is 10.1. The second kappa shape index (κ2) is 7.73. The quantitative estimate of drug-likeness (QED) is 0.736. The van der Waals surface area contributed by atoms with Crippen molar-refractivity contribution in [2.24, 2.45) is 0 Å². The zero-order chi connectivity index (χ0) is 15.1. The molecule has 0 saturated heterocycles. The van der Waals surface area contributed by atoms with Gasteiger partial charge in [0, 0.05) is 12.2 Å². The van der Waals surface area contributed by atoms with E-state index >= 15 is 0 Å². The van der Waals surface area contributed by atoms with E-state index in [1.54, 1.807) is 24.3 Å². The predicted molar refractivity (Wildman–Crippen MR) is 76.4 cm³/mol. The molecule has 2 rings (SSSR count). The minimum Gasteiger partial charge on any atom is -0.435 e. The number of aryl methyl sites for hydroxylation is 2. The van der Waals surface area contributed by atoms with Crippen LogP contribution in [0.4, 0.5) is 8.78 Å². The first-order valence-electron chi connectivity index (χ1n) is 6.88. The van der Waals surface area contributed by atoms with Crippen molar-refractivity contribution in [2.75, 3.05) is 6.54 Å². The zero-order valence-electron chi connectivity index (χ0n) is 11.9. The number of H-pyrrole nitrogens is 1. The fourth-order valence-corrected chi connectivity index (χ4v) is 2.05. The lowest BCUT2D eigenvalue weighted by molar-refractivity contribution is -0.0498. The fraction of sp³-hybridized carbons (Fsp3) is 0.400. The highest BCUT2D eigenvalue weighted by molar-refractivity contribution is 5.27. The number of nitrogens with zero attached hydrogens (tertiary/aromatic N) is 1. The largest absolute Gasteiger partial charge is 0.435 e. The number of benzene rings is 1. The van der Waals surface area contributed by atoms with E-state index in [1.165, 1.54) is 5.56 Å². The average Bonchev–Trinajstić information content (AvgIpc) is 2.85. The molecule has 0 radical (unpaired) electrons. The Morgan fingerprint density at radius 3 is 2.67 bits per heavy atom. The topological polar surface area (TPSA) is 49.9 Å². The van der Waals surface area contributed by atoms with Crippen LogP contribution in [0, 0.1) is 6.92 Å². The smallest absolute Gasteiger partial charge is 0.387 e. The number of hydrogen-bond donors (Lipinski definition) is 2. The summed E-state index contributed by atoms with van der Waals surface area (Å²) in [5, 5.41) is 10.2. The van der Waals surface area contributed by atoms with Gasteiger partial charge >= 0.3 is 6.61 Å². The third-order valence-corrected chi connectivity index (χ3v) is 3.21. The van der Waals surface area contributed by atoms with Gasteiger partial charge in [-0.15, -0.1) is 0 Å². The lowest BCUT2D eigenvalue weighted by Gasteiger charge is -2.07. The van der Waals surface area contributed by atoms with Crippen LogP contribution >= 0.6 is 0 Å². The molecule has 1 heterocycles. The fourth-order valence-electron chi connectivity index (χ4n) is 2.05. The first-order valence-corrected chi connectivity index (χ1v) is 6.88. The average molecular weight is 295 g/mol. The number of rotatable bonds is 8. The van der Waals surface area contributed by atoms with Crippen LogP contribution in [0.15, 0.2) is 30.5 Å². The Balaban J connectivity index is 1.65. The van der Waals surface area contributed by atoms with E-state index in [0.29, 0.717) is 6.54 Å². The number of ether oxygens (including phenoxy) is 1. The molecule has 2 N–H and O–H groups in total. The summed E-state index contributed by atoms with van der Waals surface area (Å²) in [7, 11) is 0. The van der Waals surface area contributed by atoms with Crippen molar-refractivity contribution in [3.63, 3.8) is 0 Å². The van der Waals surface area contributed by atoms with E-state index in [2.05, 4.69) is 20.3 Å². The van der Waals surface area contributed by atoms with Gasteiger partial charge in [0.05, 0.1) is 6.20 Å². The molecule has 0 bridgehead atoms. The highest BCUT2D eigenvalue weighted by Gasteiger charge is 2.03. The Morgan fingerprint density at radius 2 is 2.05 bits per heavy atom. The normalized spacial score (nSPS) is 11.0. The van der Waals surface area contributed by atoms with Gasteiger partial charge in [0.2, 0.25) is 0 Å². The SMILES string of the molecule is Cc1[nH]ncc1CCCNCc1ccc(OC(F)F)cc1. The summed E-state index contributed by atoms with van der Waals surface area (Å²) in [5.74, 6) is 0.184. The van der Waals surface area contributed by atoms with Crippen molar-refractivity contribution in [3.8, 4) is 5.75 Å². The Hall–Kier alpha value is -1.95. The molecular formula is C15H19F2N3O. The zero-order valence-corrected chi connectivity index (χ0v) is 11.9. The number of nitrogens with one attached hydrogen (secondary N) is 2. The second-order valence-corrected chi connectivity index (χ2v) is 4.82. The van der Waals surface area contributed by atoms with Crippen LogP contribution in [0.2, 0.25) is 0 Å². The van der Waals surface area contributed by atoms with Gasteiger partial charge in [0.1, 0.15) is 5.75 Å². The molecule has 1 aromatic heterocycles. The molecule has 114 valence electrons. The Labute approximate surface area is 122 Å². The molecule has 0 amide bonds. The summed E-state index contributed by atoms with van der Waals surface area (Å²) in [4.78, 5) is 0. The molecule has 0 aliphatic carbocycles. The first kappa shape index (κ1) is 15.4. The maximum atomic E-state index is 12.0. The van der Waals surface area contributed by atoms with Gasteiger partial charge in [-0.05, 0) is 49.6 Å². The molecular weight excluding hydrogens is 276 g/mol. The minimum atomic E-state index is -2.78.